The van der Waals surface area contributed by atoms with Crippen LogP contribution in [0.4, 0.5) is 5.69 Å². The van der Waals surface area contributed by atoms with Gasteiger partial charge in [-0.15, -0.1) is 0 Å². The molecule has 1 rings (SSSR count). The lowest BCUT2D eigenvalue weighted by atomic mass is 10.1. The molecular formula is C13H16BrN3O3. The van der Waals surface area contributed by atoms with E-state index < -0.39 is 11.9 Å². The molecule has 0 aliphatic carbocycles. The van der Waals surface area contributed by atoms with Gasteiger partial charge in [0.05, 0.1) is 5.69 Å². The van der Waals surface area contributed by atoms with E-state index in [4.69, 9.17) is 10.8 Å². The summed E-state index contributed by atoms with van der Waals surface area (Å²) in [4.78, 5) is 21.6. The first-order valence-corrected chi connectivity index (χ1v) is 6.88. The molecule has 4 N–H and O–H groups in total. The van der Waals surface area contributed by atoms with E-state index in [1.165, 1.54) is 0 Å². The van der Waals surface area contributed by atoms with E-state index in [1.54, 1.807) is 12.1 Å². The van der Waals surface area contributed by atoms with Gasteiger partial charge in [0.25, 0.3) is 5.91 Å². The number of carbonyl (C=O) groups excluding carboxylic acids is 1. The number of hydrogen-bond donors (Lipinski definition) is 3. The number of carboxylic acids is 1. The number of nitrogens with zero attached hydrogens (tertiary/aromatic N) is 1. The molecule has 1 aromatic rings. The lowest BCUT2D eigenvalue weighted by Crippen LogP contribution is -2.24. The molecule has 0 heterocycles. The number of halogens is 1. The number of amides is 1. The van der Waals surface area contributed by atoms with Crippen molar-refractivity contribution < 1.29 is 14.7 Å². The van der Waals surface area contributed by atoms with Gasteiger partial charge in [-0.1, -0.05) is 15.9 Å². The summed E-state index contributed by atoms with van der Waals surface area (Å²) in [6.07, 6.45) is 1.47. The quantitative estimate of drug-likeness (QED) is 0.383. The number of benzene rings is 1. The second-order valence-corrected chi connectivity index (χ2v) is 5.06. The van der Waals surface area contributed by atoms with Crippen molar-refractivity contribution in [2.75, 3.05) is 5.43 Å². The Morgan fingerprint density at radius 2 is 1.80 bits per heavy atom. The summed E-state index contributed by atoms with van der Waals surface area (Å²) in [6.45, 7) is 0. The number of carbonyl (C=O) groups is 2. The highest BCUT2D eigenvalue weighted by molar-refractivity contribution is 9.10. The highest BCUT2D eigenvalue weighted by Crippen LogP contribution is 2.14. The summed E-state index contributed by atoms with van der Waals surface area (Å²) >= 11 is 3.32. The van der Waals surface area contributed by atoms with E-state index in [9.17, 15) is 9.59 Å². The maximum absolute atomic E-state index is 11.2. The molecule has 0 spiro atoms. The molecule has 20 heavy (non-hydrogen) atoms. The van der Waals surface area contributed by atoms with Crippen molar-refractivity contribution >= 4 is 39.2 Å². The molecule has 0 aromatic heterocycles. The van der Waals surface area contributed by atoms with E-state index in [0.29, 0.717) is 19.3 Å². The first-order valence-electron chi connectivity index (χ1n) is 6.09. The van der Waals surface area contributed by atoms with Crippen LogP contribution in [0.15, 0.2) is 33.8 Å². The summed E-state index contributed by atoms with van der Waals surface area (Å²) in [5.41, 5.74) is 8.93. The van der Waals surface area contributed by atoms with Crippen molar-refractivity contribution in [1.82, 2.24) is 0 Å². The second-order valence-electron chi connectivity index (χ2n) is 4.14. The zero-order valence-corrected chi connectivity index (χ0v) is 12.4. The highest BCUT2D eigenvalue weighted by Gasteiger charge is 2.07. The lowest BCUT2D eigenvalue weighted by Gasteiger charge is -2.04. The Bertz CT molecular complexity index is 500. The van der Waals surface area contributed by atoms with Crippen molar-refractivity contribution in [3.05, 3.63) is 28.7 Å². The molecule has 6 nitrogen and oxygen atoms in total. The van der Waals surface area contributed by atoms with E-state index in [-0.39, 0.29) is 12.1 Å². The SMILES string of the molecule is NC(=O)/C(CCCCC(=O)O)=N/Nc1ccc(Br)cc1. The minimum absolute atomic E-state index is 0.0756. The molecule has 108 valence electrons. The average Bonchev–Trinajstić information content (AvgIpc) is 2.39. The summed E-state index contributed by atoms with van der Waals surface area (Å²) in [7, 11) is 0. The van der Waals surface area contributed by atoms with Crippen LogP contribution in [0.3, 0.4) is 0 Å². The summed E-state index contributed by atoms with van der Waals surface area (Å²) in [5.74, 6) is -1.46. The Morgan fingerprint density at radius 3 is 2.35 bits per heavy atom. The number of carboxylic acid groups (broad SMARTS) is 1. The number of rotatable bonds is 8. The van der Waals surface area contributed by atoms with E-state index >= 15 is 0 Å². The van der Waals surface area contributed by atoms with Crippen LogP contribution in [-0.4, -0.2) is 22.7 Å². The number of aliphatic carboxylic acids is 1. The van der Waals surface area contributed by atoms with Crippen LogP contribution in [-0.2, 0) is 9.59 Å². The number of hydrazone groups is 1. The number of anilines is 1. The van der Waals surface area contributed by atoms with Crippen LogP contribution in [0.25, 0.3) is 0 Å². The maximum atomic E-state index is 11.2. The van der Waals surface area contributed by atoms with Gasteiger partial charge in [0.15, 0.2) is 0 Å². The molecule has 1 amide bonds. The Morgan fingerprint density at radius 1 is 1.20 bits per heavy atom. The number of unbranched alkanes of at least 4 members (excludes halogenated alkanes) is 1. The predicted molar refractivity (Wildman–Crippen MR) is 80.5 cm³/mol. The molecule has 0 fully saturated rings. The second kappa shape index (κ2) is 8.31. The Hall–Kier alpha value is -1.89. The maximum Gasteiger partial charge on any atom is 0.303 e. The first-order chi connectivity index (χ1) is 9.49. The van der Waals surface area contributed by atoms with Crippen LogP contribution < -0.4 is 11.2 Å². The Balaban J connectivity index is 2.52. The van der Waals surface area contributed by atoms with E-state index in [0.717, 1.165) is 10.2 Å². The smallest absolute Gasteiger partial charge is 0.303 e. The van der Waals surface area contributed by atoms with Crippen LogP contribution in [0.1, 0.15) is 25.7 Å². The number of nitrogens with two attached hydrogens (primary N) is 1. The van der Waals surface area contributed by atoms with Gasteiger partial charge in [-0.3, -0.25) is 15.0 Å². The van der Waals surface area contributed by atoms with Crippen molar-refractivity contribution in [2.24, 2.45) is 10.8 Å². The van der Waals surface area contributed by atoms with E-state index in [1.807, 2.05) is 12.1 Å². The van der Waals surface area contributed by atoms with Crippen molar-refractivity contribution in [1.29, 1.82) is 0 Å². The normalized spacial score (nSPS) is 11.2. The topological polar surface area (TPSA) is 105 Å². The molecule has 0 radical (unpaired) electrons. The van der Waals surface area contributed by atoms with Gasteiger partial charge in [-0.25, -0.2) is 0 Å². The van der Waals surface area contributed by atoms with Gasteiger partial charge in [-0.2, -0.15) is 5.10 Å². The van der Waals surface area contributed by atoms with E-state index in [2.05, 4.69) is 26.5 Å². The summed E-state index contributed by atoms with van der Waals surface area (Å²) < 4.78 is 0.941. The molecule has 0 unspecified atom stereocenters. The van der Waals surface area contributed by atoms with Crippen LogP contribution in [0.2, 0.25) is 0 Å². The van der Waals surface area contributed by atoms with Crippen LogP contribution in [0, 0.1) is 0 Å². The molecule has 1 aromatic carbocycles. The largest absolute Gasteiger partial charge is 0.481 e. The van der Waals surface area contributed by atoms with Crippen LogP contribution >= 0.6 is 15.9 Å². The Labute approximate surface area is 125 Å². The molecule has 0 bridgehead atoms. The first kappa shape index (κ1) is 16.2. The predicted octanol–water partition coefficient (Wildman–Crippen LogP) is 2.35. The van der Waals surface area contributed by atoms with Gasteiger partial charge in [0, 0.05) is 10.9 Å². The lowest BCUT2D eigenvalue weighted by molar-refractivity contribution is -0.137. The zero-order valence-electron chi connectivity index (χ0n) is 10.8. The third-order valence-electron chi connectivity index (χ3n) is 2.50. The summed E-state index contributed by atoms with van der Waals surface area (Å²) in [5, 5.41) is 12.5. The minimum Gasteiger partial charge on any atom is -0.481 e. The fourth-order valence-corrected chi connectivity index (χ4v) is 1.72. The number of hydrogen-bond acceptors (Lipinski definition) is 4. The van der Waals surface area contributed by atoms with Crippen molar-refractivity contribution in [2.45, 2.75) is 25.7 Å². The number of primary amides is 1. The average molecular weight is 342 g/mol. The summed E-state index contributed by atoms with van der Waals surface area (Å²) in [6, 6.07) is 7.29. The number of nitrogens with one attached hydrogen (secondary N) is 1. The van der Waals surface area contributed by atoms with Crippen molar-refractivity contribution in [3.8, 4) is 0 Å². The third kappa shape index (κ3) is 6.33. The van der Waals surface area contributed by atoms with Gasteiger partial charge >= 0.3 is 5.97 Å². The molecule has 0 atom stereocenters. The molecule has 0 saturated carbocycles. The third-order valence-corrected chi connectivity index (χ3v) is 3.03. The van der Waals surface area contributed by atoms with Gasteiger partial charge in [-0.05, 0) is 43.5 Å². The minimum atomic E-state index is -0.851. The van der Waals surface area contributed by atoms with Crippen molar-refractivity contribution in [3.63, 3.8) is 0 Å². The molecular weight excluding hydrogens is 326 g/mol. The highest BCUT2D eigenvalue weighted by atomic mass is 79.9. The molecule has 0 aliphatic heterocycles. The fraction of sp³-hybridized carbons (Fsp3) is 0.308. The van der Waals surface area contributed by atoms with Gasteiger partial charge in [0.1, 0.15) is 5.71 Å². The molecule has 0 saturated heterocycles. The van der Waals surface area contributed by atoms with Crippen LogP contribution in [0.5, 0.6) is 0 Å². The fourth-order valence-electron chi connectivity index (χ4n) is 1.46. The van der Waals surface area contributed by atoms with Gasteiger partial charge in [0.2, 0.25) is 0 Å². The molecule has 0 aliphatic rings. The van der Waals surface area contributed by atoms with Gasteiger partial charge < -0.3 is 10.8 Å². The monoisotopic (exact) mass is 341 g/mol. The molecule has 7 heteroatoms. The standard InChI is InChI=1S/C13H16BrN3O3/c14-9-5-7-10(8-6-9)16-17-11(13(15)20)3-1-2-4-12(18)19/h5-8,16H,1-4H2,(H2,15,20)(H,18,19)/b17-11+. The zero-order chi connectivity index (χ0) is 15.0. The Kier molecular flexibility index (Phi) is 6.72.